The molecule has 0 spiro atoms. The average Bonchev–Trinajstić information content (AvgIpc) is 3.14. The molecule has 1 fully saturated rings. The Labute approximate surface area is 172 Å². The molecule has 1 aliphatic rings. The first kappa shape index (κ1) is 21.9. The number of carbonyl (C=O) groups is 2. The molecule has 1 aromatic carbocycles. The van der Waals surface area contributed by atoms with Crippen molar-refractivity contribution in [2.24, 2.45) is 7.05 Å². The Hall–Kier alpha value is -2.38. The molecule has 1 unspecified atom stereocenters. The van der Waals surface area contributed by atoms with Gasteiger partial charge in [-0.25, -0.2) is 0 Å². The van der Waals surface area contributed by atoms with Gasteiger partial charge in [-0.15, -0.1) is 12.4 Å². The average molecular weight is 406 g/mol. The largest absolute Gasteiger partial charge is 0.341 e. The molecule has 3 rings (SSSR count). The van der Waals surface area contributed by atoms with Crippen molar-refractivity contribution in [2.45, 2.75) is 24.9 Å². The van der Waals surface area contributed by atoms with Crippen molar-refractivity contribution in [1.29, 1.82) is 0 Å². The SMILES string of the molecule is CNC(C(=O)N(C)C1CCN(C(=O)c2ccccc2)CC1)c1cnn(C)c1.Cl. The molecule has 2 aromatic rings. The van der Waals surface area contributed by atoms with Crippen LogP contribution in [0.15, 0.2) is 42.7 Å². The van der Waals surface area contributed by atoms with E-state index in [0.717, 1.165) is 18.4 Å². The first-order valence-corrected chi connectivity index (χ1v) is 9.28. The van der Waals surface area contributed by atoms with Gasteiger partial charge in [0.2, 0.25) is 5.91 Å². The van der Waals surface area contributed by atoms with Crippen LogP contribution in [0.1, 0.15) is 34.8 Å². The summed E-state index contributed by atoms with van der Waals surface area (Å²) in [5.74, 6) is 0.0878. The smallest absolute Gasteiger partial charge is 0.253 e. The van der Waals surface area contributed by atoms with Crippen LogP contribution >= 0.6 is 12.4 Å². The summed E-state index contributed by atoms with van der Waals surface area (Å²) < 4.78 is 1.70. The molecule has 1 aromatic heterocycles. The van der Waals surface area contributed by atoms with Gasteiger partial charge >= 0.3 is 0 Å². The van der Waals surface area contributed by atoms with Crippen molar-refractivity contribution in [3.63, 3.8) is 0 Å². The maximum absolute atomic E-state index is 13.0. The first-order chi connectivity index (χ1) is 13.0. The molecule has 0 saturated carbocycles. The summed E-state index contributed by atoms with van der Waals surface area (Å²) in [7, 11) is 5.47. The summed E-state index contributed by atoms with van der Waals surface area (Å²) in [6.45, 7) is 1.32. The molecule has 1 saturated heterocycles. The molecular formula is C20H28ClN5O2. The number of nitrogens with zero attached hydrogens (tertiary/aromatic N) is 4. The Morgan fingerprint density at radius 3 is 2.39 bits per heavy atom. The third-order valence-corrected chi connectivity index (χ3v) is 5.26. The van der Waals surface area contributed by atoms with Crippen LogP contribution < -0.4 is 5.32 Å². The highest BCUT2D eigenvalue weighted by Gasteiger charge is 2.31. The molecule has 1 aliphatic heterocycles. The minimum absolute atomic E-state index is 0. The van der Waals surface area contributed by atoms with Gasteiger partial charge in [-0.2, -0.15) is 5.10 Å². The summed E-state index contributed by atoms with van der Waals surface area (Å²) in [5, 5.41) is 7.25. The topological polar surface area (TPSA) is 70.5 Å². The molecule has 2 heterocycles. The van der Waals surface area contributed by atoms with Gasteiger partial charge in [0.05, 0.1) is 6.20 Å². The molecule has 28 heavy (non-hydrogen) atoms. The number of benzene rings is 1. The lowest BCUT2D eigenvalue weighted by Gasteiger charge is -2.38. The van der Waals surface area contributed by atoms with Gasteiger partial charge in [-0.05, 0) is 32.0 Å². The standard InChI is InChI=1S/C20H27N5O2.ClH/c1-21-18(16-13-22-23(2)14-16)20(27)24(3)17-9-11-25(12-10-17)19(26)15-7-5-4-6-8-15;/h4-8,13-14,17-18,21H,9-12H2,1-3H3;1H. The van der Waals surface area contributed by atoms with Crippen LogP contribution in [-0.4, -0.2) is 64.6 Å². The third kappa shape index (κ3) is 4.72. The lowest BCUT2D eigenvalue weighted by atomic mass is 10.0. The summed E-state index contributed by atoms with van der Waals surface area (Å²) in [4.78, 5) is 29.2. The summed E-state index contributed by atoms with van der Waals surface area (Å²) in [6, 6.07) is 9.07. The number of hydrogen-bond donors (Lipinski definition) is 1. The van der Waals surface area contributed by atoms with E-state index in [1.54, 1.807) is 17.9 Å². The number of rotatable bonds is 5. The molecule has 2 amide bonds. The Morgan fingerprint density at radius 1 is 1.21 bits per heavy atom. The van der Waals surface area contributed by atoms with E-state index in [1.165, 1.54) is 0 Å². The number of carbonyl (C=O) groups excluding carboxylic acids is 2. The highest BCUT2D eigenvalue weighted by molar-refractivity contribution is 5.94. The van der Waals surface area contributed by atoms with Gasteiger partial charge in [0.15, 0.2) is 0 Å². The minimum atomic E-state index is -0.410. The molecule has 0 aliphatic carbocycles. The number of amides is 2. The maximum atomic E-state index is 13.0. The number of halogens is 1. The van der Waals surface area contributed by atoms with E-state index < -0.39 is 6.04 Å². The number of likely N-dealkylation sites (tertiary alicyclic amines) is 1. The molecule has 7 nitrogen and oxygen atoms in total. The van der Waals surface area contributed by atoms with Gasteiger partial charge in [0, 0.05) is 50.6 Å². The van der Waals surface area contributed by atoms with E-state index >= 15 is 0 Å². The second-order valence-corrected chi connectivity index (χ2v) is 7.01. The van der Waals surface area contributed by atoms with E-state index in [1.807, 2.05) is 60.4 Å². The van der Waals surface area contributed by atoms with E-state index in [2.05, 4.69) is 10.4 Å². The second-order valence-electron chi connectivity index (χ2n) is 7.01. The third-order valence-electron chi connectivity index (χ3n) is 5.26. The molecule has 0 bridgehead atoms. The van der Waals surface area contributed by atoms with Crippen molar-refractivity contribution in [2.75, 3.05) is 27.2 Å². The van der Waals surface area contributed by atoms with Crippen molar-refractivity contribution in [3.8, 4) is 0 Å². The van der Waals surface area contributed by atoms with Gasteiger partial charge < -0.3 is 15.1 Å². The normalized spacial score (nSPS) is 15.6. The highest BCUT2D eigenvalue weighted by atomic mass is 35.5. The predicted molar refractivity (Wildman–Crippen MR) is 110 cm³/mol. The summed E-state index contributed by atoms with van der Waals surface area (Å²) in [5.41, 5.74) is 1.57. The van der Waals surface area contributed by atoms with Crippen LogP contribution in [0.5, 0.6) is 0 Å². The predicted octanol–water partition coefficient (Wildman–Crippen LogP) is 1.87. The first-order valence-electron chi connectivity index (χ1n) is 9.28. The zero-order valence-electron chi connectivity index (χ0n) is 16.5. The van der Waals surface area contributed by atoms with Crippen LogP contribution in [0.25, 0.3) is 0 Å². The monoisotopic (exact) mass is 405 g/mol. The van der Waals surface area contributed by atoms with E-state index in [4.69, 9.17) is 0 Å². The van der Waals surface area contributed by atoms with Gasteiger partial charge in [0.1, 0.15) is 6.04 Å². The quantitative estimate of drug-likeness (QED) is 0.824. The van der Waals surface area contributed by atoms with Crippen molar-refractivity contribution < 1.29 is 9.59 Å². The number of aromatic nitrogens is 2. The Kier molecular flexibility index (Phi) is 7.60. The molecule has 152 valence electrons. The summed E-state index contributed by atoms with van der Waals surface area (Å²) >= 11 is 0. The van der Waals surface area contributed by atoms with Crippen LogP contribution in [-0.2, 0) is 11.8 Å². The number of likely N-dealkylation sites (N-methyl/N-ethyl adjacent to an activating group) is 2. The van der Waals surface area contributed by atoms with E-state index in [0.29, 0.717) is 18.7 Å². The number of piperidine rings is 1. The van der Waals surface area contributed by atoms with Crippen LogP contribution in [0.3, 0.4) is 0 Å². The van der Waals surface area contributed by atoms with Crippen molar-refractivity contribution in [1.82, 2.24) is 24.9 Å². The van der Waals surface area contributed by atoms with Crippen molar-refractivity contribution in [3.05, 3.63) is 53.9 Å². The van der Waals surface area contributed by atoms with Gasteiger partial charge in [-0.3, -0.25) is 14.3 Å². The van der Waals surface area contributed by atoms with E-state index in [-0.39, 0.29) is 30.3 Å². The highest BCUT2D eigenvalue weighted by Crippen LogP contribution is 2.21. The molecule has 1 atom stereocenters. The van der Waals surface area contributed by atoms with Crippen LogP contribution in [0.4, 0.5) is 0 Å². The molecular weight excluding hydrogens is 378 g/mol. The maximum Gasteiger partial charge on any atom is 0.253 e. The minimum Gasteiger partial charge on any atom is -0.341 e. The zero-order chi connectivity index (χ0) is 19.4. The Morgan fingerprint density at radius 2 is 1.86 bits per heavy atom. The van der Waals surface area contributed by atoms with Gasteiger partial charge in [-0.1, -0.05) is 18.2 Å². The second kappa shape index (κ2) is 9.71. The fourth-order valence-corrected chi connectivity index (χ4v) is 3.63. The van der Waals surface area contributed by atoms with Crippen LogP contribution in [0.2, 0.25) is 0 Å². The fraction of sp³-hybridized carbons (Fsp3) is 0.450. The number of hydrogen-bond acceptors (Lipinski definition) is 4. The Balaban J connectivity index is 0.00000280. The molecule has 0 radical (unpaired) electrons. The number of nitrogens with one attached hydrogen (secondary N) is 1. The Bertz CT molecular complexity index is 787. The van der Waals surface area contributed by atoms with E-state index in [9.17, 15) is 9.59 Å². The van der Waals surface area contributed by atoms with Crippen molar-refractivity contribution >= 4 is 24.2 Å². The lowest BCUT2D eigenvalue weighted by Crippen LogP contribution is -2.49. The molecule has 1 N–H and O–H groups in total. The summed E-state index contributed by atoms with van der Waals surface area (Å²) in [6.07, 6.45) is 5.14. The molecule has 8 heteroatoms. The van der Waals surface area contributed by atoms with Crippen LogP contribution in [0, 0.1) is 0 Å². The number of aryl methyl sites for hydroxylation is 1. The lowest BCUT2D eigenvalue weighted by molar-refractivity contribution is -0.135. The van der Waals surface area contributed by atoms with Gasteiger partial charge in [0.25, 0.3) is 5.91 Å². The zero-order valence-corrected chi connectivity index (χ0v) is 17.4. The fourth-order valence-electron chi connectivity index (χ4n) is 3.63.